The molecule has 4 aliphatic heterocycles. The van der Waals surface area contributed by atoms with Crippen LogP contribution in [-0.2, 0) is 25.2 Å². The molecule has 3 atom stereocenters. The normalized spacial score (nSPS) is 29.1. The molecule has 2 aromatic carbocycles. The molecular weight excluding hydrogens is 488 g/mol. The van der Waals surface area contributed by atoms with E-state index in [1.165, 1.54) is 4.31 Å². The monoisotopic (exact) mass is 522 g/mol. The first-order valence-corrected chi connectivity index (χ1v) is 14.8. The van der Waals surface area contributed by atoms with Crippen molar-refractivity contribution in [3.8, 4) is 0 Å². The molecule has 0 aliphatic carbocycles. The van der Waals surface area contributed by atoms with Crippen molar-refractivity contribution < 1.29 is 18.0 Å². The van der Waals surface area contributed by atoms with Crippen molar-refractivity contribution in [3.05, 3.63) is 59.7 Å². The quantitative estimate of drug-likeness (QED) is 0.655. The smallest absolute Gasteiger partial charge is 0.253 e. The van der Waals surface area contributed by atoms with Gasteiger partial charge in [-0.2, -0.15) is 4.31 Å². The van der Waals surface area contributed by atoms with Gasteiger partial charge in [-0.3, -0.25) is 14.5 Å². The van der Waals surface area contributed by atoms with Gasteiger partial charge >= 0.3 is 0 Å². The second kappa shape index (κ2) is 9.22. The standard InChI is InChI=1S/C28H34N4O4S/c1-20-8-4-10-22(18-20)37(35,36)30-14-6-13-29-26(33)24-19-21-9-5-17-32(21)28(24)23-11-2-3-12-25(23)31(27(28)34)16-7-15-30/h2-4,8,10-12,18,21,24H,5-7,9,13-17,19H2,1H3,(H,29,33)/t21-,24-,28+/m0/s1. The minimum Gasteiger partial charge on any atom is -0.356 e. The lowest BCUT2D eigenvalue weighted by atomic mass is 9.78. The summed E-state index contributed by atoms with van der Waals surface area (Å²) in [6.45, 7) is 4.08. The maximum Gasteiger partial charge on any atom is 0.253 e. The Kier molecular flexibility index (Phi) is 6.12. The van der Waals surface area contributed by atoms with Crippen molar-refractivity contribution in [2.45, 2.75) is 55.5 Å². The van der Waals surface area contributed by atoms with Crippen LogP contribution in [0.25, 0.3) is 0 Å². The number of rotatable bonds is 2. The van der Waals surface area contributed by atoms with Crippen LogP contribution in [0.15, 0.2) is 53.4 Å². The molecule has 9 heteroatoms. The van der Waals surface area contributed by atoms with Gasteiger partial charge in [-0.05, 0) is 69.3 Å². The fourth-order valence-corrected chi connectivity index (χ4v) is 8.68. The Morgan fingerprint density at radius 2 is 1.76 bits per heavy atom. The zero-order valence-corrected chi connectivity index (χ0v) is 22.0. The molecule has 4 aliphatic rings. The fourth-order valence-electron chi connectivity index (χ4n) is 7.06. The molecule has 0 aromatic heterocycles. The topological polar surface area (TPSA) is 90.0 Å². The molecule has 3 saturated heterocycles. The predicted octanol–water partition coefficient (Wildman–Crippen LogP) is 2.62. The van der Waals surface area contributed by atoms with Crippen molar-refractivity contribution >= 4 is 27.5 Å². The fraction of sp³-hybridized carbons (Fsp3) is 0.500. The van der Waals surface area contributed by atoms with E-state index < -0.39 is 21.5 Å². The van der Waals surface area contributed by atoms with E-state index in [-0.39, 0.29) is 22.8 Å². The molecule has 0 radical (unpaired) electrons. The summed E-state index contributed by atoms with van der Waals surface area (Å²) in [5.41, 5.74) is 1.69. The van der Waals surface area contributed by atoms with E-state index in [1.54, 1.807) is 18.2 Å². The second-order valence-electron chi connectivity index (χ2n) is 10.7. The van der Waals surface area contributed by atoms with Gasteiger partial charge in [0.05, 0.1) is 10.8 Å². The van der Waals surface area contributed by atoms with Crippen LogP contribution >= 0.6 is 0 Å². The van der Waals surface area contributed by atoms with Gasteiger partial charge in [0.25, 0.3) is 5.91 Å². The average Bonchev–Trinajstić information content (AvgIpc) is 3.54. The van der Waals surface area contributed by atoms with Gasteiger partial charge in [-0.15, -0.1) is 0 Å². The number of hydrogen-bond donors (Lipinski definition) is 1. The summed E-state index contributed by atoms with van der Waals surface area (Å²) < 4.78 is 28.6. The molecule has 37 heavy (non-hydrogen) atoms. The number of nitrogens with one attached hydrogen (secondary N) is 1. The molecule has 196 valence electrons. The lowest BCUT2D eigenvalue weighted by Crippen LogP contribution is -2.56. The van der Waals surface area contributed by atoms with Gasteiger partial charge in [0, 0.05) is 43.5 Å². The van der Waals surface area contributed by atoms with Crippen molar-refractivity contribution in [2.75, 3.05) is 37.6 Å². The summed E-state index contributed by atoms with van der Waals surface area (Å²) in [6.07, 6.45) is 3.73. The molecular formula is C28H34N4O4S. The number of nitrogens with zero attached hydrogens (tertiary/aromatic N) is 3. The highest BCUT2D eigenvalue weighted by Crippen LogP contribution is 2.57. The SMILES string of the molecule is Cc1cccc(S(=O)(=O)N2CCCNC(=O)[C@@H]3C[C@@H]4CCCN4[C@@]34C(=O)N(CCC2)c2ccccc24)c1. The number of aryl methyl sites for hydroxylation is 1. The van der Waals surface area contributed by atoms with Crippen LogP contribution in [0.4, 0.5) is 5.69 Å². The molecule has 1 N–H and O–H groups in total. The Bertz CT molecular complexity index is 1350. The summed E-state index contributed by atoms with van der Waals surface area (Å²) in [4.78, 5) is 32.4. The zero-order valence-electron chi connectivity index (χ0n) is 21.2. The number of para-hydroxylation sites is 1. The Morgan fingerprint density at radius 1 is 0.946 bits per heavy atom. The number of hydrogen-bond acceptors (Lipinski definition) is 5. The predicted molar refractivity (Wildman–Crippen MR) is 140 cm³/mol. The molecule has 2 bridgehead atoms. The molecule has 6 rings (SSSR count). The number of carbonyl (C=O) groups excluding carboxylic acids is 2. The maximum atomic E-state index is 14.4. The highest BCUT2D eigenvalue weighted by Gasteiger charge is 2.67. The third-order valence-corrected chi connectivity index (χ3v) is 10.5. The van der Waals surface area contributed by atoms with Crippen LogP contribution in [0.5, 0.6) is 0 Å². The van der Waals surface area contributed by atoms with Crippen LogP contribution < -0.4 is 10.2 Å². The van der Waals surface area contributed by atoms with Crippen LogP contribution in [0, 0.1) is 12.8 Å². The molecule has 2 aromatic rings. The third kappa shape index (κ3) is 3.73. The van der Waals surface area contributed by atoms with Crippen LogP contribution in [0.3, 0.4) is 0 Å². The highest BCUT2D eigenvalue weighted by atomic mass is 32.2. The summed E-state index contributed by atoms with van der Waals surface area (Å²) >= 11 is 0. The van der Waals surface area contributed by atoms with Gasteiger partial charge in [0.2, 0.25) is 15.9 Å². The maximum absolute atomic E-state index is 14.4. The Labute approximate surface area is 218 Å². The Balaban J connectivity index is 1.37. The van der Waals surface area contributed by atoms with Crippen molar-refractivity contribution in [1.82, 2.24) is 14.5 Å². The van der Waals surface area contributed by atoms with Crippen LogP contribution in [0.1, 0.15) is 43.2 Å². The summed E-state index contributed by atoms with van der Waals surface area (Å²) in [7, 11) is -3.70. The molecule has 0 saturated carbocycles. The van der Waals surface area contributed by atoms with Crippen molar-refractivity contribution in [2.24, 2.45) is 5.92 Å². The number of carbonyl (C=O) groups is 2. The number of sulfonamides is 1. The van der Waals surface area contributed by atoms with Gasteiger partial charge in [0.15, 0.2) is 0 Å². The lowest BCUT2D eigenvalue weighted by molar-refractivity contribution is -0.138. The average molecular weight is 523 g/mol. The zero-order chi connectivity index (χ0) is 25.8. The lowest BCUT2D eigenvalue weighted by Gasteiger charge is -2.37. The summed E-state index contributed by atoms with van der Waals surface area (Å²) in [6, 6.07) is 15.0. The molecule has 3 fully saturated rings. The first-order chi connectivity index (χ1) is 17.8. The van der Waals surface area contributed by atoms with Crippen molar-refractivity contribution in [1.29, 1.82) is 0 Å². The first kappa shape index (κ1) is 24.6. The highest BCUT2D eigenvalue weighted by molar-refractivity contribution is 7.89. The van der Waals surface area contributed by atoms with E-state index in [0.717, 1.165) is 36.2 Å². The van der Waals surface area contributed by atoms with E-state index in [0.29, 0.717) is 45.4 Å². The van der Waals surface area contributed by atoms with Gasteiger partial charge in [0.1, 0.15) is 5.54 Å². The number of fused-ring (bicyclic) bond motifs is 4. The molecule has 8 nitrogen and oxygen atoms in total. The van der Waals surface area contributed by atoms with Gasteiger partial charge in [-0.1, -0.05) is 30.3 Å². The summed E-state index contributed by atoms with van der Waals surface area (Å²) in [5, 5.41) is 3.07. The van der Waals surface area contributed by atoms with E-state index >= 15 is 0 Å². The van der Waals surface area contributed by atoms with Crippen LogP contribution in [-0.4, -0.2) is 68.2 Å². The Morgan fingerprint density at radius 3 is 2.59 bits per heavy atom. The van der Waals surface area contributed by atoms with Gasteiger partial charge < -0.3 is 10.2 Å². The minimum atomic E-state index is -3.70. The number of amides is 2. The number of anilines is 1. The van der Waals surface area contributed by atoms with E-state index in [4.69, 9.17) is 0 Å². The number of benzene rings is 2. The minimum absolute atomic E-state index is 0.0365. The molecule has 2 amide bonds. The van der Waals surface area contributed by atoms with E-state index in [1.807, 2.05) is 42.2 Å². The van der Waals surface area contributed by atoms with E-state index in [9.17, 15) is 18.0 Å². The Hall–Kier alpha value is -2.75. The summed E-state index contributed by atoms with van der Waals surface area (Å²) in [5.74, 6) is -0.596. The van der Waals surface area contributed by atoms with E-state index in [2.05, 4.69) is 10.2 Å². The molecule has 4 heterocycles. The largest absolute Gasteiger partial charge is 0.356 e. The van der Waals surface area contributed by atoms with Crippen molar-refractivity contribution in [3.63, 3.8) is 0 Å². The molecule has 0 unspecified atom stereocenters. The first-order valence-electron chi connectivity index (χ1n) is 13.4. The van der Waals surface area contributed by atoms with Gasteiger partial charge in [-0.25, -0.2) is 8.42 Å². The molecule has 1 spiro atoms. The second-order valence-corrected chi connectivity index (χ2v) is 12.7. The van der Waals surface area contributed by atoms with Crippen LogP contribution in [0.2, 0.25) is 0 Å². The third-order valence-electron chi connectivity index (χ3n) is 8.64.